The molecule has 144 valence electrons. The summed E-state index contributed by atoms with van der Waals surface area (Å²) in [7, 11) is 0. The third kappa shape index (κ3) is 3.87. The molecule has 1 aliphatic heterocycles. The molecular weight excluding hydrogens is 389 g/mol. The van der Waals surface area contributed by atoms with E-state index in [4.69, 9.17) is 26.8 Å². The number of rotatable bonds is 3. The van der Waals surface area contributed by atoms with Crippen LogP contribution in [0.4, 0.5) is 13.2 Å². The molecule has 0 aliphatic carbocycles. The Kier molecular flexibility index (Phi) is 5.05. The number of primary amides is 1. The summed E-state index contributed by atoms with van der Waals surface area (Å²) in [6.45, 7) is 0.271. The van der Waals surface area contributed by atoms with Gasteiger partial charge in [-0.05, 0) is 29.8 Å². The summed E-state index contributed by atoms with van der Waals surface area (Å²) in [5.41, 5.74) is 2.47. The monoisotopic (exact) mass is 402 g/mol. The Labute approximate surface area is 156 Å². The van der Waals surface area contributed by atoms with Gasteiger partial charge < -0.3 is 15.2 Å². The summed E-state index contributed by atoms with van der Waals surface area (Å²) in [6.07, 6.45) is -4.18. The molecule has 0 fully saturated rings. The quantitative estimate of drug-likeness (QED) is 0.855. The van der Waals surface area contributed by atoms with Gasteiger partial charge >= 0.3 is 6.18 Å². The number of hydrogen-bond acceptors (Lipinski definition) is 4. The van der Waals surface area contributed by atoms with Crippen molar-refractivity contribution < 1.29 is 27.4 Å². The molecule has 1 aromatic heterocycles. The molecule has 2 aromatic rings. The molecule has 1 amide bonds. The topological polar surface area (TPSA) is 83.6 Å². The Hall–Kier alpha value is -2.68. The van der Waals surface area contributed by atoms with E-state index in [0.717, 1.165) is 6.07 Å². The van der Waals surface area contributed by atoms with E-state index in [9.17, 15) is 22.8 Å². The third-order valence-corrected chi connectivity index (χ3v) is 4.21. The summed E-state index contributed by atoms with van der Waals surface area (Å²) < 4.78 is 51.4. The molecule has 2 N–H and O–H groups in total. The zero-order valence-corrected chi connectivity index (χ0v) is 14.6. The van der Waals surface area contributed by atoms with E-state index < -0.39 is 35.4 Å². The Morgan fingerprint density at radius 2 is 1.93 bits per heavy atom. The number of carbonyl (C=O) groups excluding carboxylic acids is 1. The molecule has 0 spiro atoms. The molecule has 0 bridgehead atoms. The van der Waals surface area contributed by atoms with Crippen LogP contribution in [0.5, 0.6) is 11.5 Å². The second-order valence-electron chi connectivity index (χ2n) is 5.84. The van der Waals surface area contributed by atoms with Crippen LogP contribution in [0.1, 0.15) is 28.0 Å². The number of alkyl halides is 3. The lowest BCUT2D eigenvalue weighted by Crippen LogP contribution is -2.34. The lowest BCUT2D eigenvalue weighted by Gasteiger charge is -2.17. The first-order chi connectivity index (χ1) is 12.7. The molecule has 1 aliphatic rings. The Balaban J connectivity index is 2.11. The second-order valence-corrected chi connectivity index (χ2v) is 6.25. The van der Waals surface area contributed by atoms with Crippen LogP contribution in [0.15, 0.2) is 29.1 Å². The maximum atomic E-state index is 13.3. The average molecular weight is 403 g/mol. The average Bonchev–Trinajstić information content (AvgIpc) is 2.81. The van der Waals surface area contributed by atoms with Crippen molar-refractivity contribution in [1.82, 2.24) is 4.57 Å². The maximum absolute atomic E-state index is 13.3. The smallest absolute Gasteiger partial charge is 0.431 e. The van der Waals surface area contributed by atoms with Crippen molar-refractivity contribution in [2.45, 2.75) is 19.1 Å². The van der Waals surface area contributed by atoms with Gasteiger partial charge in [0.05, 0.1) is 24.8 Å². The molecule has 3 rings (SSSR count). The molecule has 0 atom stereocenters. The molecule has 2 heterocycles. The van der Waals surface area contributed by atoms with Gasteiger partial charge in [0.1, 0.15) is 11.3 Å². The minimum Gasteiger partial charge on any atom is -0.489 e. The van der Waals surface area contributed by atoms with Gasteiger partial charge in [-0.1, -0.05) is 11.6 Å². The Bertz CT molecular complexity index is 956. The number of pyridine rings is 1. The van der Waals surface area contributed by atoms with Gasteiger partial charge in [0.2, 0.25) is 0 Å². The van der Waals surface area contributed by atoms with E-state index in [1.54, 1.807) is 0 Å². The van der Waals surface area contributed by atoms with Crippen LogP contribution < -0.4 is 20.8 Å². The third-order valence-electron chi connectivity index (χ3n) is 3.93. The molecule has 1 aromatic carbocycles. The molecule has 27 heavy (non-hydrogen) atoms. The fourth-order valence-corrected chi connectivity index (χ4v) is 3.02. The van der Waals surface area contributed by atoms with Crippen LogP contribution >= 0.6 is 11.6 Å². The molecule has 6 nitrogen and oxygen atoms in total. The van der Waals surface area contributed by atoms with Crippen LogP contribution in [0.25, 0.3) is 0 Å². The highest BCUT2D eigenvalue weighted by atomic mass is 35.5. The van der Waals surface area contributed by atoms with E-state index in [2.05, 4.69) is 0 Å². The predicted octanol–water partition coefficient (Wildman–Crippen LogP) is 2.83. The molecule has 0 radical (unpaired) electrons. The van der Waals surface area contributed by atoms with Crippen LogP contribution in [0, 0.1) is 0 Å². The summed E-state index contributed by atoms with van der Waals surface area (Å²) in [5.74, 6) is -0.533. The molecule has 0 saturated carbocycles. The number of ether oxygens (including phenoxy) is 2. The van der Waals surface area contributed by atoms with E-state index in [-0.39, 0.29) is 16.3 Å². The lowest BCUT2D eigenvalue weighted by molar-refractivity contribution is -0.144. The van der Waals surface area contributed by atoms with Crippen molar-refractivity contribution >= 4 is 17.5 Å². The van der Waals surface area contributed by atoms with Gasteiger partial charge in [0.15, 0.2) is 11.5 Å². The zero-order chi connectivity index (χ0) is 19.8. The van der Waals surface area contributed by atoms with Crippen LogP contribution in [-0.2, 0) is 12.7 Å². The summed E-state index contributed by atoms with van der Waals surface area (Å²) in [4.78, 5) is 23.7. The van der Waals surface area contributed by atoms with Gasteiger partial charge in [0.25, 0.3) is 11.5 Å². The highest BCUT2D eigenvalue weighted by Gasteiger charge is 2.35. The number of aromatic nitrogens is 1. The van der Waals surface area contributed by atoms with Crippen LogP contribution in [-0.4, -0.2) is 23.7 Å². The fourth-order valence-electron chi connectivity index (χ4n) is 2.73. The van der Waals surface area contributed by atoms with E-state index >= 15 is 0 Å². The number of amides is 1. The van der Waals surface area contributed by atoms with E-state index in [1.807, 2.05) is 0 Å². The van der Waals surface area contributed by atoms with Crippen molar-refractivity contribution in [3.05, 3.63) is 56.5 Å². The Morgan fingerprint density at radius 3 is 2.59 bits per heavy atom. The fraction of sp³-hybridized carbons (Fsp3) is 0.294. The van der Waals surface area contributed by atoms with Gasteiger partial charge in [-0.3, -0.25) is 14.2 Å². The van der Waals surface area contributed by atoms with E-state index in [1.165, 1.54) is 12.1 Å². The number of nitrogens with zero attached hydrogens (tertiary/aromatic N) is 1. The number of nitrogens with two attached hydrogens (primary N) is 1. The molecule has 0 saturated heterocycles. The SMILES string of the molecule is NC(=O)c1ccc(C(F)(F)F)n(Cc2cc(Cl)c3c(c2)OCCCO3)c1=O. The molecular formula is C17H14ClF3N2O4. The number of hydrogen-bond donors (Lipinski definition) is 1. The highest BCUT2D eigenvalue weighted by molar-refractivity contribution is 6.32. The van der Waals surface area contributed by atoms with Gasteiger partial charge in [-0.25, -0.2) is 0 Å². The lowest BCUT2D eigenvalue weighted by atomic mass is 10.1. The summed E-state index contributed by atoms with van der Waals surface area (Å²) in [6, 6.07) is 4.26. The van der Waals surface area contributed by atoms with Gasteiger partial charge in [-0.2, -0.15) is 13.2 Å². The first kappa shape index (κ1) is 19.1. The molecule has 10 heteroatoms. The summed E-state index contributed by atoms with van der Waals surface area (Å²) >= 11 is 6.15. The van der Waals surface area contributed by atoms with Crippen molar-refractivity contribution in [3.8, 4) is 11.5 Å². The van der Waals surface area contributed by atoms with Crippen molar-refractivity contribution in [3.63, 3.8) is 0 Å². The maximum Gasteiger partial charge on any atom is 0.431 e. The van der Waals surface area contributed by atoms with Crippen LogP contribution in [0.2, 0.25) is 5.02 Å². The van der Waals surface area contributed by atoms with Crippen molar-refractivity contribution in [1.29, 1.82) is 0 Å². The van der Waals surface area contributed by atoms with Gasteiger partial charge in [0, 0.05) is 6.42 Å². The zero-order valence-electron chi connectivity index (χ0n) is 13.8. The largest absolute Gasteiger partial charge is 0.489 e. The first-order valence-electron chi connectivity index (χ1n) is 7.87. The first-order valence-corrected chi connectivity index (χ1v) is 8.25. The predicted molar refractivity (Wildman–Crippen MR) is 90.4 cm³/mol. The summed E-state index contributed by atoms with van der Waals surface area (Å²) in [5, 5.41) is 0.150. The number of halogens is 4. The minimum atomic E-state index is -4.80. The second kappa shape index (κ2) is 7.15. The number of fused-ring (bicyclic) bond motifs is 1. The molecule has 0 unspecified atom stereocenters. The number of benzene rings is 1. The van der Waals surface area contributed by atoms with Crippen molar-refractivity contribution in [2.24, 2.45) is 5.73 Å². The number of carbonyl (C=O) groups is 1. The Morgan fingerprint density at radius 1 is 1.22 bits per heavy atom. The minimum absolute atomic E-state index is 0.150. The highest BCUT2D eigenvalue weighted by Crippen LogP contribution is 2.38. The van der Waals surface area contributed by atoms with Gasteiger partial charge in [-0.15, -0.1) is 0 Å². The normalized spacial score (nSPS) is 13.9. The standard InChI is InChI=1S/C17H14ClF3N2O4/c18-11-6-9(7-12-14(11)27-5-1-4-26-12)8-23-13(17(19,20)21)3-2-10(15(22)24)16(23)25/h2-3,6-7H,1,4-5,8H2,(H2,22,24). The van der Waals surface area contributed by atoms with Crippen molar-refractivity contribution in [2.75, 3.05) is 13.2 Å². The van der Waals surface area contributed by atoms with E-state index in [0.29, 0.717) is 36.0 Å². The van der Waals surface area contributed by atoms with Crippen LogP contribution in [0.3, 0.4) is 0 Å².